The van der Waals surface area contributed by atoms with E-state index in [0.29, 0.717) is 17.9 Å². The molecule has 1 rings (SSSR count). The van der Waals surface area contributed by atoms with Crippen LogP contribution >= 0.6 is 0 Å². The van der Waals surface area contributed by atoms with Crippen molar-refractivity contribution in [2.45, 2.75) is 20.0 Å². The molecule has 19 heavy (non-hydrogen) atoms. The van der Waals surface area contributed by atoms with Gasteiger partial charge >= 0.3 is 5.97 Å². The van der Waals surface area contributed by atoms with Crippen molar-refractivity contribution in [2.24, 2.45) is 0 Å². The van der Waals surface area contributed by atoms with Crippen LogP contribution in [0.4, 0.5) is 5.69 Å². The molecule has 0 saturated heterocycles. The minimum absolute atomic E-state index is 0.223. The lowest BCUT2D eigenvalue weighted by Gasteiger charge is -2.15. The maximum Gasteiger partial charge on any atom is 0.337 e. The molecule has 0 fully saturated rings. The molecule has 6 nitrogen and oxygen atoms in total. The molecular formula is C13H18N2O4. The molecule has 0 aromatic heterocycles. The van der Waals surface area contributed by atoms with Gasteiger partial charge in [0.15, 0.2) is 6.10 Å². The molecule has 0 radical (unpaired) electrons. The number of anilines is 1. The Balaban J connectivity index is 2.80. The van der Waals surface area contributed by atoms with Crippen molar-refractivity contribution in [3.8, 4) is 5.75 Å². The van der Waals surface area contributed by atoms with Crippen molar-refractivity contribution < 1.29 is 19.1 Å². The molecule has 0 aliphatic rings. The first kappa shape index (κ1) is 14.8. The van der Waals surface area contributed by atoms with E-state index in [1.165, 1.54) is 25.3 Å². The molecule has 1 aromatic rings. The molecule has 1 aromatic carbocycles. The van der Waals surface area contributed by atoms with Crippen molar-refractivity contribution >= 4 is 17.6 Å². The van der Waals surface area contributed by atoms with Gasteiger partial charge < -0.3 is 20.5 Å². The summed E-state index contributed by atoms with van der Waals surface area (Å²) in [6.07, 6.45) is -0.661. The fraction of sp³-hybridized carbons (Fsp3) is 0.385. The van der Waals surface area contributed by atoms with Crippen LogP contribution in [0.2, 0.25) is 0 Å². The van der Waals surface area contributed by atoms with Gasteiger partial charge in [0.25, 0.3) is 5.91 Å². The topological polar surface area (TPSA) is 90.6 Å². The number of carbonyl (C=O) groups excluding carboxylic acids is 2. The van der Waals surface area contributed by atoms with Crippen molar-refractivity contribution in [3.63, 3.8) is 0 Å². The number of nitrogens with two attached hydrogens (primary N) is 1. The third-order valence-electron chi connectivity index (χ3n) is 2.45. The predicted molar refractivity (Wildman–Crippen MR) is 71.0 cm³/mol. The van der Waals surface area contributed by atoms with Gasteiger partial charge in [0.05, 0.1) is 18.4 Å². The fourth-order valence-corrected chi connectivity index (χ4v) is 1.46. The average Bonchev–Trinajstić information content (AvgIpc) is 2.40. The highest BCUT2D eigenvalue weighted by Crippen LogP contribution is 2.24. The van der Waals surface area contributed by atoms with E-state index in [2.05, 4.69) is 10.1 Å². The molecule has 0 aliphatic heterocycles. The van der Waals surface area contributed by atoms with Crippen LogP contribution in [0.3, 0.4) is 0 Å². The van der Waals surface area contributed by atoms with Gasteiger partial charge in [-0.25, -0.2) is 4.79 Å². The van der Waals surface area contributed by atoms with Gasteiger partial charge in [0, 0.05) is 6.54 Å². The molecule has 0 heterocycles. The number of rotatable bonds is 5. The third-order valence-corrected chi connectivity index (χ3v) is 2.45. The maximum absolute atomic E-state index is 11.5. The molecule has 0 saturated carbocycles. The van der Waals surface area contributed by atoms with Crippen molar-refractivity contribution in [1.29, 1.82) is 0 Å². The number of hydrogen-bond donors (Lipinski definition) is 2. The maximum atomic E-state index is 11.5. The van der Waals surface area contributed by atoms with Crippen molar-refractivity contribution in [3.05, 3.63) is 23.8 Å². The van der Waals surface area contributed by atoms with Crippen LogP contribution in [0, 0.1) is 0 Å². The van der Waals surface area contributed by atoms with Gasteiger partial charge in [-0.05, 0) is 32.0 Å². The van der Waals surface area contributed by atoms with E-state index in [4.69, 9.17) is 10.5 Å². The smallest absolute Gasteiger partial charge is 0.337 e. The van der Waals surface area contributed by atoms with Gasteiger partial charge in [-0.15, -0.1) is 0 Å². The molecule has 0 aliphatic carbocycles. The third kappa shape index (κ3) is 3.87. The number of ether oxygens (including phenoxy) is 2. The Kier molecular flexibility index (Phi) is 5.17. The van der Waals surface area contributed by atoms with E-state index in [1.54, 1.807) is 6.92 Å². The van der Waals surface area contributed by atoms with Gasteiger partial charge in [-0.2, -0.15) is 0 Å². The zero-order chi connectivity index (χ0) is 14.4. The number of methoxy groups -OCH3 is 1. The standard InChI is InChI=1S/C13H18N2O4/c1-4-15-12(16)8(2)19-11-6-5-9(7-10(11)14)13(17)18-3/h5-8H,4,14H2,1-3H3,(H,15,16). The summed E-state index contributed by atoms with van der Waals surface area (Å²) >= 11 is 0. The summed E-state index contributed by atoms with van der Waals surface area (Å²) in [5.74, 6) is -0.347. The normalized spacial score (nSPS) is 11.5. The SMILES string of the molecule is CCNC(=O)C(C)Oc1ccc(C(=O)OC)cc1N. The Bertz CT molecular complexity index is 474. The second-order valence-corrected chi connectivity index (χ2v) is 3.90. The minimum Gasteiger partial charge on any atom is -0.479 e. The molecule has 6 heteroatoms. The van der Waals surface area contributed by atoms with Crippen LogP contribution in [0.1, 0.15) is 24.2 Å². The Morgan fingerprint density at radius 3 is 2.63 bits per heavy atom. The lowest BCUT2D eigenvalue weighted by atomic mass is 10.2. The fourth-order valence-electron chi connectivity index (χ4n) is 1.46. The highest BCUT2D eigenvalue weighted by molar-refractivity contribution is 5.91. The van der Waals surface area contributed by atoms with E-state index in [-0.39, 0.29) is 11.6 Å². The summed E-state index contributed by atoms with van der Waals surface area (Å²) in [4.78, 5) is 22.8. The van der Waals surface area contributed by atoms with E-state index < -0.39 is 12.1 Å². The Morgan fingerprint density at radius 2 is 2.11 bits per heavy atom. The first-order valence-corrected chi connectivity index (χ1v) is 5.91. The van der Waals surface area contributed by atoms with E-state index in [9.17, 15) is 9.59 Å². The van der Waals surface area contributed by atoms with Gasteiger partial charge in [0.1, 0.15) is 5.75 Å². The number of nitrogen functional groups attached to an aromatic ring is 1. The van der Waals surface area contributed by atoms with Gasteiger partial charge in [-0.1, -0.05) is 0 Å². The second-order valence-electron chi connectivity index (χ2n) is 3.90. The molecule has 1 atom stereocenters. The molecule has 3 N–H and O–H groups in total. The number of carbonyl (C=O) groups is 2. The Hall–Kier alpha value is -2.24. The number of esters is 1. The molecule has 104 valence electrons. The summed E-state index contributed by atoms with van der Waals surface area (Å²) in [6.45, 7) is 3.98. The van der Waals surface area contributed by atoms with E-state index in [0.717, 1.165) is 0 Å². The number of hydrogen-bond acceptors (Lipinski definition) is 5. The molecule has 1 amide bonds. The van der Waals surface area contributed by atoms with E-state index in [1.807, 2.05) is 6.92 Å². The quantitative estimate of drug-likeness (QED) is 0.612. The number of amides is 1. The van der Waals surface area contributed by atoms with Gasteiger partial charge in [0.2, 0.25) is 0 Å². The predicted octanol–water partition coefficient (Wildman–Crippen LogP) is 0.959. The monoisotopic (exact) mass is 266 g/mol. The van der Waals surface area contributed by atoms with Crippen LogP contribution < -0.4 is 15.8 Å². The van der Waals surface area contributed by atoms with Crippen LogP contribution in [0.25, 0.3) is 0 Å². The highest BCUT2D eigenvalue weighted by atomic mass is 16.5. The molecule has 1 unspecified atom stereocenters. The summed E-state index contributed by atoms with van der Waals surface area (Å²) < 4.78 is 10.0. The first-order valence-electron chi connectivity index (χ1n) is 5.91. The van der Waals surface area contributed by atoms with Crippen molar-refractivity contribution in [2.75, 3.05) is 19.4 Å². The van der Waals surface area contributed by atoms with Crippen LogP contribution in [0.5, 0.6) is 5.75 Å². The second kappa shape index (κ2) is 6.63. The van der Waals surface area contributed by atoms with E-state index >= 15 is 0 Å². The minimum atomic E-state index is -0.661. The highest BCUT2D eigenvalue weighted by Gasteiger charge is 2.16. The zero-order valence-corrected chi connectivity index (χ0v) is 11.2. The summed E-state index contributed by atoms with van der Waals surface area (Å²) in [6, 6.07) is 4.52. The Morgan fingerprint density at radius 1 is 1.42 bits per heavy atom. The van der Waals surface area contributed by atoms with Crippen LogP contribution in [-0.2, 0) is 9.53 Å². The number of likely N-dealkylation sites (N-methyl/N-ethyl adjacent to an activating group) is 1. The molecular weight excluding hydrogens is 248 g/mol. The zero-order valence-electron chi connectivity index (χ0n) is 11.2. The lowest BCUT2D eigenvalue weighted by molar-refractivity contribution is -0.127. The lowest BCUT2D eigenvalue weighted by Crippen LogP contribution is -2.36. The average molecular weight is 266 g/mol. The van der Waals surface area contributed by atoms with Crippen LogP contribution in [-0.4, -0.2) is 31.6 Å². The van der Waals surface area contributed by atoms with Crippen molar-refractivity contribution in [1.82, 2.24) is 5.32 Å². The summed E-state index contributed by atoms with van der Waals surface area (Å²) in [5, 5.41) is 2.64. The summed E-state index contributed by atoms with van der Waals surface area (Å²) in [7, 11) is 1.29. The summed E-state index contributed by atoms with van der Waals surface area (Å²) in [5.41, 5.74) is 6.38. The van der Waals surface area contributed by atoms with Crippen LogP contribution in [0.15, 0.2) is 18.2 Å². The largest absolute Gasteiger partial charge is 0.479 e. The first-order chi connectivity index (χ1) is 8.99. The number of benzene rings is 1. The number of nitrogens with one attached hydrogen (secondary N) is 1. The molecule has 0 spiro atoms. The van der Waals surface area contributed by atoms with Gasteiger partial charge in [-0.3, -0.25) is 4.79 Å². The molecule has 0 bridgehead atoms. The Labute approximate surface area is 111 Å².